The molecule has 0 saturated heterocycles. The molecule has 1 aromatic carbocycles. The molecule has 0 aliphatic rings. The van der Waals surface area contributed by atoms with E-state index in [1.165, 1.54) is 22.4 Å². The lowest BCUT2D eigenvalue weighted by atomic mass is 9.65. The van der Waals surface area contributed by atoms with Crippen LogP contribution in [0.5, 0.6) is 0 Å². The first-order chi connectivity index (χ1) is 11.3. The van der Waals surface area contributed by atoms with E-state index in [1.54, 1.807) is 5.19 Å². The summed E-state index contributed by atoms with van der Waals surface area (Å²) in [4.78, 5) is 0. The third kappa shape index (κ3) is 3.74. The lowest BCUT2D eigenvalue weighted by Crippen LogP contribution is -2.51. The Morgan fingerprint density at radius 3 is 1.96 bits per heavy atom. The average Bonchev–Trinajstić information content (AvgIpc) is 2.45. The maximum Gasteiger partial charge on any atom is 0.212 e. The quantitative estimate of drug-likeness (QED) is 0.516. The molecule has 0 amide bonds. The highest BCUT2D eigenvalue weighted by atomic mass is 28.3. The van der Waals surface area contributed by atoms with Gasteiger partial charge in [-0.1, -0.05) is 72.5 Å². The fourth-order valence-corrected chi connectivity index (χ4v) is 5.07. The van der Waals surface area contributed by atoms with Crippen molar-refractivity contribution in [3.8, 4) is 11.3 Å². The van der Waals surface area contributed by atoms with Crippen LogP contribution in [0.4, 0.5) is 0 Å². The zero-order valence-electron chi connectivity index (χ0n) is 17.9. The Bertz CT molecular complexity index is 774. The number of hydrogen-bond acceptors (Lipinski definition) is 0. The number of pyridine rings is 1. The van der Waals surface area contributed by atoms with Gasteiger partial charge in [-0.3, -0.25) is 0 Å². The summed E-state index contributed by atoms with van der Waals surface area (Å²) in [6.07, 6.45) is 2.41. The molecule has 0 spiro atoms. The Labute approximate surface area is 156 Å². The molecule has 0 unspecified atom stereocenters. The van der Waals surface area contributed by atoms with Crippen LogP contribution in [0, 0.1) is 12.3 Å². The molecule has 136 valence electrons. The number of rotatable bonds is 3. The molecule has 2 aromatic rings. The predicted molar refractivity (Wildman–Crippen MR) is 113 cm³/mol. The molecule has 0 aliphatic carbocycles. The smallest absolute Gasteiger partial charge is 0.201 e. The minimum absolute atomic E-state index is 0.105. The van der Waals surface area contributed by atoms with E-state index in [1.807, 2.05) is 0 Å². The summed E-state index contributed by atoms with van der Waals surface area (Å²) in [6, 6.07) is 11.2. The van der Waals surface area contributed by atoms with Gasteiger partial charge in [0.25, 0.3) is 0 Å². The number of aromatic nitrogens is 1. The summed E-state index contributed by atoms with van der Waals surface area (Å²) in [6.45, 7) is 21.5. The number of nitrogens with zero attached hydrogens (tertiary/aromatic N) is 1. The summed E-state index contributed by atoms with van der Waals surface area (Å²) in [5.74, 6) is 0. The first kappa shape index (κ1) is 19.9. The minimum atomic E-state index is -1.46. The van der Waals surface area contributed by atoms with E-state index >= 15 is 0 Å². The van der Waals surface area contributed by atoms with Crippen LogP contribution >= 0.6 is 0 Å². The molecule has 1 aromatic heterocycles. The number of benzene rings is 1. The van der Waals surface area contributed by atoms with E-state index in [0.717, 1.165) is 0 Å². The molecule has 1 heterocycles. The van der Waals surface area contributed by atoms with Crippen molar-refractivity contribution in [1.29, 1.82) is 0 Å². The molecule has 25 heavy (non-hydrogen) atoms. The SMILES string of the molecule is Cc1ccccc1-c1cc(C(C)(C)C(C)(C)C)c([Si](C)(C)C)c[n+]1C. The van der Waals surface area contributed by atoms with E-state index in [2.05, 4.69) is 109 Å². The predicted octanol–water partition coefficient (Wildman–Crippen LogP) is 5.36. The Kier molecular flexibility index (Phi) is 5.09. The van der Waals surface area contributed by atoms with Gasteiger partial charge in [-0.15, -0.1) is 0 Å². The topological polar surface area (TPSA) is 3.88 Å². The summed E-state index contributed by atoms with van der Waals surface area (Å²) >= 11 is 0. The lowest BCUT2D eigenvalue weighted by Gasteiger charge is -2.41. The van der Waals surface area contributed by atoms with Gasteiger partial charge >= 0.3 is 0 Å². The van der Waals surface area contributed by atoms with E-state index in [-0.39, 0.29) is 10.8 Å². The molecule has 0 bridgehead atoms. The third-order valence-corrected chi connectivity index (χ3v) is 8.07. The molecule has 0 atom stereocenters. The van der Waals surface area contributed by atoms with E-state index in [0.29, 0.717) is 0 Å². The van der Waals surface area contributed by atoms with Crippen molar-refractivity contribution in [3.63, 3.8) is 0 Å². The number of hydrogen-bond donors (Lipinski definition) is 0. The average molecular weight is 355 g/mol. The fraction of sp³-hybridized carbons (Fsp3) is 0.522. The molecule has 0 N–H and O–H groups in total. The van der Waals surface area contributed by atoms with Gasteiger partial charge in [0.15, 0.2) is 6.20 Å². The first-order valence-electron chi connectivity index (χ1n) is 9.37. The van der Waals surface area contributed by atoms with Crippen LogP contribution in [0.1, 0.15) is 45.7 Å². The standard InChI is InChI=1S/C23H36NSi/c1-17-13-11-12-14-18(17)20-15-19(23(5,6)22(2,3)4)21(16-24(20)7)25(8,9)10/h11-16H,1-10H3/q+1. The van der Waals surface area contributed by atoms with Gasteiger partial charge in [0.05, 0.1) is 8.07 Å². The van der Waals surface area contributed by atoms with Crippen LogP contribution in [0.25, 0.3) is 11.3 Å². The second-order valence-corrected chi connectivity index (χ2v) is 15.1. The highest BCUT2D eigenvalue weighted by molar-refractivity contribution is 6.89. The summed E-state index contributed by atoms with van der Waals surface area (Å²) < 4.78 is 2.33. The summed E-state index contributed by atoms with van der Waals surface area (Å²) in [5, 5.41) is 1.58. The van der Waals surface area contributed by atoms with Gasteiger partial charge in [-0.25, -0.2) is 4.57 Å². The van der Waals surface area contributed by atoms with E-state index in [4.69, 9.17) is 0 Å². The van der Waals surface area contributed by atoms with Crippen LogP contribution in [0.15, 0.2) is 36.5 Å². The van der Waals surface area contributed by atoms with Crippen LogP contribution in [0.3, 0.4) is 0 Å². The zero-order valence-corrected chi connectivity index (χ0v) is 18.9. The van der Waals surface area contributed by atoms with E-state index < -0.39 is 8.07 Å². The van der Waals surface area contributed by atoms with Crippen molar-refractivity contribution >= 4 is 13.3 Å². The van der Waals surface area contributed by atoms with Crippen molar-refractivity contribution in [1.82, 2.24) is 0 Å². The third-order valence-electron chi connectivity index (χ3n) is 6.05. The first-order valence-corrected chi connectivity index (χ1v) is 12.9. The van der Waals surface area contributed by atoms with Crippen molar-refractivity contribution in [3.05, 3.63) is 47.7 Å². The maximum absolute atomic E-state index is 2.47. The van der Waals surface area contributed by atoms with Crippen LogP contribution in [0.2, 0.25) is 19.6 Å². The van der Waals surface area contributed by atoms with Crippen molar-refractivity contribution in [2.45, 2.75) is 66.6 Å². The van der Waals surface area contributed by atoms with Crippen molar-refractivity contribution < 1.29 is 4.57 Å². The van der Waals surface area contributed by atoms with E-state index in [9.17, 15) is 0 Å². The highest BCUT2D eigenvalue weighted by Gasteiger charge is 2.40. The molecular weight excluding hydrogens is 318 g/mol. The van der Waals surface area contributed by atoms with Gasteiger partial charge in [-0.05, 0) is 34.9 Å². The highest BCUT2D eigenvalue weighted by Crippen LogP contribution is 2.41. The fourth-order valence-electron chi connectivity index (χ4n) is 3.30. The van der Waals surface area contributed by atoms with Crippen LogP contribution < -0.4 is 9.75 Å². The molecule has 1 nitrogen and oxygen atoms in total. The second-order valence-electron chi connectivity index (χ2n) is 10.0. The Morgan fingerprint density at radius 1 is 0.920 bits per heavy atom. The molecule has 2 heteroatoms. The Morgan fingerprint density at radius 2 is 1.48 bits per heavy atom. The van der Waals surface area contributed by atoms with Gasteiger partial charge in [0, 0.05) is 16.8 Å². The molecule has 0 fully saturated rings. The van der Waals surface area contributed by atoms with Crippen LogP contribution in [-0.2, 0) is 12.5 Å². The normalized spacial score (nSPS) is 13.2. The zero-order chi connectivity index (χ0) is 19.2. The van der Waals surface area contributed by atoms with Crippen molar-refractivity contribution in [2.75, 3.05) is 0 Å². The Hall–Kier alpha value is -1.41. The number of aryl methyl sites for hydroxylation is 2. The largest absolute Gasteiger partial charge is 0.212 e. The minimum Gasteiger partial charge on any atom is -0.201 e. The summed E-state index contributed by atoms with van der Waals surface area (Å²) in [7, 11) is 0.738. The van der Waals surface area contributed by atoms with Gasteiger partial charge in [0.2, 0.25) is 5.69 Å². The van der Waals surface area contributed by atoms with Crippen LogP contribution in [-0.4, -0.2) is 8.07 Å². The second kappa shape index (κ2) is 6.39. The molecule has 2 rings (SSSR count). The Balaban J connectivity index is 2.85. The van der Waals surface area contributed by atoms with Gasteiger partial charge < -0.3 is 0 Å². The monoisotopic (exact) mass is 354 g/mol. The van der Waals surface area contributed by atoms with Gasteiger partial charge in [-0.2, -0.15) is 0 Å². The molecule has 0 aliphatic heterocycles. The van der Waals surface area contributed by atoms with Gasteiger partial charge in [0.1, 0.15) is 7.05 Å². The molecule has 0 radical (unpaired) electrons. The van der Waals surface area contributed by atoms with Crippen molar-refractivity contribution in [2.24, 2.45) is 12.5 Å². The molecule has 0 saturated carbocycles. The summed E-state index contributed by atoms with van der Waals surface area (Å²) in [5.41, 5.74) is 5.80. The lowest BCUT2D eigenvalue weighted by molar-refractivity contribution is -0.659. The maximum atomic E-state index is 2.47. The molecular formula is C23H36NSi+.